The maximum absolute atomic E-state index is 14.8. The van der Waals surface area contributed by atoms with Crippen LogP contribution in [0.3, 0.4) is 0 Å². The molecule has 0 aliphatic heterocycles. The Balaban J connectivity index is 1.60. The van der Waals surface area contributed by atoms with Gasteiger partial charge in [0.15, 0.2) is 0 Å². The number of amides is 2. The van der Waals surface area contributed by atoms with Gasteiger partial charge in [-0.1, -0.05) is 103 Å². The van der Waals surface area contributed by atoms with Crippen molar-refractivity contribution in [2.45, 2.75) is 62.6 Å². The summed E-state index contributed by atoms with van der Waals surface area (Å²) in [5.41, 5.74) is 1.61. The first-order valence-corrected chi connectivity index (χ1v) is 18.2. The van der Waals surface area contributed by atoms with Crippen LogP contribution in [-0.2, 0) is 32.6 Å². The van der Waals surface area contributed by atoms with Crippen LogP contribution in [0.4, 0.5) is 5.69 Å². The summed E-state index contributed by atoms with van der Waals surface area (Å²) in [5, 5.41) is 3.92. The highest BCUT2D eigenvalue weighted by Gasteiger charge is 2.36. The normalized spacial score (nSPS) is 13.9. The zero-order valence-corrected chi connectivity index (χ0v) is 29.1. The number of para-hydroxylation sites is 2. The summed E-state index contributed by atoms with van der Waals surface area (Å²) in [5.74, 6) is -0.592. The molecule has 2 amide bonds. The van der Waals surface area contributed by atoms with Gasteiger partial charge in [-0.3, -0.25) is 13.9 Å². The molecular formula is C37H39Cl2N3O5S. The Hall–Kier alpha value is -4.05. The molecule has 252 valence electrons. The van der Waals surface area contributed by atoms with Crippen molar-refractivity contribution < 1.29 is 22.7 Å². The second kappa shape index (κ2) is 16.4. The minimum absolute atomic E-state index is 0.000119. The van der Waals surface area contributed by atoms with Crippen molar-refractivity contribution in [2.75, 3.05) is 17.5 Å². The number of hydrogen-bond acceptors (Lipinski definition) is 5. The molecule has 1 aliphatic carbocycles. The third kappa shape index (κ3) is 8.69. The molecule has 8 nitrogen and oxygen atoms in total. The number of sulfonamides is 1. The van der Waals surface area contributed by atoms with Crippen LogP contribution in [0.15, 0.2) is 108 Å². The molecule has 1 N–H and O–H groups in total. The number of benzene rings is 4. The first kappa shape index (κ1) is 35.3. The number of ether oxygens (including phenoxy) is 1. The molecule has 1 fully saturated rings. The molecule has 0 bridgehead atoms. The van der Waals surface area contributed by atoms with Crippen LogP contribution in [0.1, 0.15) is 43.7 Å². The van der Waals surface area contributed by atoms with Crippen LogP contribution in [0.2, 0.25) is 10.0 Å². The fraction of sp³-hybridized carbons (Fsp3) is 0.297. The highest BCUT2D eigenvalue weighted by atomic mass is 35.5. The van der Waals surface area contributed by atoms with E-state index in [1.54, 1.807) is 67.6 Å². The lowest BCUT2D eigenvalue weighted by Gasteiger charge is -2.34. The molecule has 0 radical (unpaired) electrons. The molecule has 1 saturated carbocycles. The third-order valence-corrected chi connectivity index (χ3v) is 10.7. The zero-order chi connectivity index (χ0) is 34.1. The molecule has 4 aromatic carbocycles. The lowest BCUT2D eigenvalue weighted by Crippen LogP contribution is -2.54. The minimum atomic E-state index is -4.27. The predicted octanol–water partition coefficient (Wildman–Crippen LogP) is 7.29. The van der Waals surface area contributed by atoms with Crippen LogP contribution >= 0.6 is 23.2 Å². The molecule has 48 heavy (non-hydrogen) atoms. The Morgan fingerprint density at radius 2 is 1.54 bits per heavy atom. The van der Waals surface area contributed by atoms with Gasteiger partial charge in [-0.15, -0.1) is 0 Å². The van der Waals surface area contributed by atoms with Crippen LogP contribution in [0.25, 0.3) is 0 Å². The minimum Gasteiger partial charge on any atom is -0.492 e. The van der Waals surface area contributed by atoms with Gasteiger partial charge in [-0.2, -0.15) is 0 Å². The summed E-state index contributed by atoms with van der Waals surface area (Å²) < 4.78 is 35.5. The van der Waals surface area contributed by atoms with Crippen molar-refractivity contribution in [2.24, 2.45) is 0 Å². The van der Waals surface area contributed by atoms with Gasteiger partial charge in [0.25, 0.3) is 10.0 Å². The topological polar surface area (TPSA) is 96.0 Å². The highest BCUT2D eigenvalue weighted by Crippen LogP contribution is 2.33. The Kier molecular flexibility index (Phi) is 12.0. The summed E-state index contributed by atoms with van der Waals surface area (Å²) in [4.78, 5) is 30.4. The van der Waals surface area contributed by atoms with E-state index in [9.17, 15) is 18.0 Å². The largest absolute Gasteiger partial charge is 0.492 e. The number of carbonyl (C=O) groups excluding carboxylic acids is 2. The number of nitrogens with zero attached hydrogens (tertiary/aromatic N) is 2. The second-order valence-electron chi connectivity index (χ2n) is 11.7. The number of nitrogens with one attached hydrogen (secondary N) is 1. The number of anilines is 1. The van der Waals surface area contributed by atoms with Crippen molar-refractivity contribution in [1.29, 1.82) is 0 Å². The number of carbonyl (C=O) groups is 2. The quantitative estimate of drug-likeness (QED) is 0.149. The van der Waals surface area contributed by atoms with Crippen molar-refractivity contribution >= 4 is 50.7 Å². The first-order chi connectivity index (χ1) is 23.2. The van der Waals surface area contributed by atoms with Crippen molar-refractivity contribution in [3.05, 3.63) is 124 Å². The Morgan fingerprint density at radius 3 is 2.21 bits per heavy atom. The maximum atomic E-state index is 14.8. The fourth-order valence-electron chi connectivity index (χ4n) is 5.93. The van der Waals surface area contributed by atoms with Crippen molar-refractivity contribution in [3.63, 3.8) is 0 Å². The molecule has 0 saturated heterocycles. The van der Waals surface area contributed by atoms with E-state index in [0.717, 1.165) is 35.6 Å². The van der Waals surface area contributed by atoms with Gasteiger partial charge < -0.3 is 15.0 Å². The van der Waals surface area contributed by atoms with E-state index in [0.29, 0.717) is 21.4 Å². The molecule has 4 aromatic rings. The number of hydrogen-bond donors (Lipinski definition) is 1. The summed E-state index contributed by atoms with van der Waals surface area (Å²) in [7, 11) is -4.27. The average Bonchev–Trinajstić information content (AvgIpc) is 3.60. The van der Waals surface area contributed by atoms with E-state index in [1.807, 2.05) is 30.3 Å². The lowest BCUT2D eigenvalue weighted by molar-refractivity contribution is -0.140. The first-order valence-electron chi connectivity index (χ1n) is 16.0. The van der Waals surface area contributed by atoms with Crippen molar-refractivity contribution in [1.82, 2.24) is 10.2 Å². The monoisotopic (exact) mass is 707 g/mol. The van der Waals surface area contributed by atoms with Crippen molar-refractivity contribution in [3.8, 4) is 5.75 Å². The molecular weight excluding hydrogens is 669 g/mol. The lowest BCUT2D eigenvalue weighted by atomic mass is 10.0. The number of rotatable bonds is 14. The molecule has 0 unspecified atom stereocenters. The molecule has 1 aliphatic rings. The molecule has 11 heteroatoms. The van der Waals surface area contributed by atoms with E-state index < -0.39 is 28.5 Å². The Labute approximate surface area is 292 Å². The van der Waals surface area contributed by atoms with Crippen LogP contribution in [-0.4, -0.2) is 50.4 Å². The standard InChI is InChI=1S/C37H39Cl2N3O5S/c1-2-47-35-20-12-11-19-33(35)42(48(45,46)31-17-7-4-8-18-31)26-36(43)41(25-28-21-22-29(38)24-32(28)39)34(23-27-13-5-3-6-14-27)37(44)40-30-15-9-10-16-30/h3-8,11-14,17-22,24,30,34H,2,9-10,15-16,23,25-26H2,1H3,(H,40,44)/t34-/m1/s1. The van der Waals surface area contributed by atoms with E-state index >= 15 is 0 Å². The van der Waals surface area contributed by atoms with Gasteiger partial charge in [-0.25, -0.2) is 8.42 Å². The van der Waals surface area contributed by atoms with E-state index in [4.69, 9.17) is 27.9 Å². The smallest absolute Gasteiger partial charge is 0.264 e. The Morgan fingerprint density at radius 1 is 0.896 bits per heavy atom. The summed E-state index contributed by atoms with van der Waals surface area (Å²) in [6.07, 6.45) is 3.96. The molecule has 5 rings (SSSR count). The van der Waals surface area contributed by atoms with Gasteiger partial charge in [0.1, 0.15) is 18.3 Å². The second-order valence-corrected chi connectivity index (χ2v) is 14.4. The molecule has 0 aromatic heterocycles. The highest BCUT2D eigenvalue weighted by molar-refractivity contribution is 7.92. The zero-order valence-electron chi connectivity index (χ0n) is 26.7. The third-order valence-electron chi connectivity index (χ3n) is 8.37. The molecule has 1 atom stereocenters. The van der Waals surface area contributed by atoms with Gasteiger partial charge in [0.2, 0.25) is 11.8 Å². The summed E-state index contributed by atoms with van der Waals surface area (Å²) >= 11 is 12.8. The fourth-order valence-corrected chi connectivity index (χ4v) is 7.84. The van der Waals surface area contributed by atoms with E-state index in [1.165, 1.54) is 17.0 Å². The van der Waals surface area contributed by atoms with E-state index in [-0.39, 0.29) is 42.1 Å². The van der Waals surface area contributed by atoms with Gasteiger partial charge in [-0.05, 0) is 67.3 Å². The van der Waals surface area contributed by atoms with Gasteiger partial charge in [0.05, 0.1) is 17.2 Å². The Bertz CT molecular complexity index is 1800. The van der Waals surface area contributed by atoms with E-state index in [2.05, 4.69) is 5.32 Å². The van der Waals surface area contributed by atoms with Crippen LogP contribution in [0, 0.1) is 0 Å². The molecule has 0 spiro atoms. The SMILES string of the molecule is CCOc1ccccc1N(CC(=O)N(Cc1ccc(Cl)cc1Cl)[C@H](Cc1ccccc1)C(=O)NC1CCCC1)S(=O)(=O)c1ccccc1. The van der Waals surface area contributed by atoms with Gasteiger partial charge in [0, 0.05) is 29.1 Å². The van der Waals surface area contributed by atoms with Gasteiger partial charge >= 0.3 is 0 Å². The van der Waals surface area contributed by atoms with Crippen LogP contribution < -0.4 is 14.4 Å². The summed E-state index contributed by atoms with van der Waals surface area (Å²) in [6.45, 7) is 1.42. The van der Waals surface area contributed by atoms with Crippen LogP contribution in [0.5, 0.6) is 5.75 Å². The predicted molar refractivity (Wildman–Crippen MR) is 190 cm³/mol. The number of halogens is 2. The maximum Gasteiger partial charge on any atom is 0.264 e. The average molecular weight is 709 g/mol. The molecule has 0 heterocycles. The summed E-state index contributed by atoms with van der Waals surface area (Å²) in [6, 6.07) is 28.0.